The van der Waals surface area contributed by atoms with E-state index in [0.717, 1.165) is 49.2 Å². The van der Waals surface area contributed by atoms with E-state index in [1.54, 1.807) is 0 Å². The van der Waals surface area contributed by atoms with Crippen LogP contribution < -0.4 is 10.6 Å². The fourth-order valence-electron chi connectivity index (χ4n) is 4.16. The van der Waals surface area contributed by atoms with Crippen molar-refractivity contribution in [1.82, 2.24) is 13.6 Å². The van der Waals surface area contributed by atoms with Crippen molar-refractivity contribution in [3.8, 4) is 0 Å². The summed E-state index contributed by atoms with van der Waals surface area (Å²) in [5, 5.41) is 7.12. The second kappa shape index (κ2) is 12.5. The molecule has 1 aromatic carbocycles. The Bertz CT molecular complexity index is 1660. The molecular weight excluding hydrogens is 663 g/mol. The molecule has 5 rings (SSSR count). The van der Waals surface area contributed by atoms with Gasteiger partial charge < -0.3 is 10.6 Å². The summed E-state index contributed by atoms with van der Waals surface area (Å²) in [4.78, 5) is 29.0. The normalized spacial score (nSPS) is 18.2. The van der Waals surface area contributed by atoms with Gasteiger partial charge in [0.05, 0.1) is 16.9 Å². The van der Waals surface area contributed by atoms with Gasteiger partial charge in [-0.15, -0.1) is 11.3 Å². The van der Waals surface area contributed by atoms with Crippen LogP contribution in [0.4, 0.5) is 28.4 Å². The molecule has 0 unspecified atom stereocenters. The highest BCUT2D eigenvalue weighted by Crippen LogP contribution is 2.41. The van der Waals surface area contributed by atoms with Crippen LogP contribution in [0, 0.1) is 5.82 Å². The molecule has 2 N–H and O–H groups in total. The van der Waals surface area contributed by atoms with Gasteiger partial charge in [-0.2, -0.15) is 13.2 Å². The maximum atomic E-state index is 13.8. The number of carbonyl (C=O) groups excluding carboxylic acids is 2. The van der Waals surface area contributed by atoms with Crippen LogP contribution >= 0.6 is 11.3 Å². The van der Waals surface area contributed by atoms with Crippen LogP contribution in [-0.4, -0.2) is 77.9 Å². The Morgan fingerprint density at radius 2 is 1.36 bits per heavy atom. The van der Waals surface area contributed by atoms with Crippen LogP contribution in [0.5, 0.6) is 0 Å². The molecule has 1 saturated carbocycles. The highest BCUT2D eigenvalue weighted by Gasteiger charge is 2.48. The number of alkyl halides is 3. The Morgan fingerprint density at radius 1 is 0.867 bits per heavy atom. The molecule has 1 aliphatic carbocycles. The van der Waals surface area contributed by atoms with Crippen LogP contribution in [0.25, 0.3) is 0 Å². The number of sulfonamides is 2. The topological polar surface area (TPSA) is 146 Å². The summed E-state index contributed by atoms with van der Waals surface area (Å²) in [6.07, 6.45) is -0.889. The first-order chi connectivity index (χ1) is 20.7. The van der Waals surface area contributed by atoms with E-state index in [2.05, 4.69) is 15.6 Å². The SMILES string of the molecule is CC(C)(C(=O)Nc1ccc(C(F)(F)F)cc1F)S(=O)(=O)N1CCC1.CC(C)(C(=O)Nc1nc(C2CC2)cs1)S(=O)(=O)N1CCC1. The Labute approximate surface area is 263 Å². The second-order valence-electron chi connectivity index (χ2n) is 12.0. The molecule has 2 aromatic rings. The first-order valence-corrected chi connectivity index (χ1v) is 17.9. The first-order valence-electron chi connectivity index (χ1n) is 14.1. The van der Waals surface area contributed by atoms with Crippen LogP contribution in [0.1, 0.15) is 70.6 Å². The Kier molecular flexibility index (Phi) is 9.78. The monoisotopic (exact) mass is 697 g/mol. The second-order valence-corrected chi connectivity index (χ2v) is 17.8. The third-order valence-corrected chi connectivity index (χ3v) is 13.8. The molecule has 2 saturated heterocycles. The molecule has 45 heavy (non-hydrogen) atoms. The number of nitrogens with zero attached hydrogens (tertiary/aromatic N) is 3. The molecule has 3 aliphatic rings. The minimum absolute atomic E-state index is 0.243. The summed E-state index contributed by atoms with van der Waals surface area (Å²) in [6, 6.07) is 1.60. The van der Waals surface area contributed by atoms with Crippen molar-refractivity contribution in [2.45, 2.75) is 75.0 Å². The highest BCUT2D eigenvalue weighted by molar-refractivity contribution is 7.91. The molecule has 0 bridgehead atoms. The number of amides is 2. The van der Waals surface area contributed by atoms with E-state index in [0.29, 0.717) is 49.7 Å². The minimum atomic E-state index is -4.72. The largest absolute Gasteiger partial charge is 0.416 e. The van der Waals surface area contributed by atoms with Crippen LogP contribution in [0.15, 0.2) is 23.6 Å². The van der Waals surface area contributed by atoms with Gasteiger partial charge in [0.25, 0.3) is 0 Å². The number of carbonyl (C=O) groups is 2. The third-order valence-electron chi connectivity index (χ3n) is 7.98. The molecule has 11 nitrogen and oxygen atoms in total. The molecule has 3 heterocycles. The number of nitrogens with one attached hydrogen (secondary N) is 2. The van der Waals surface area contributed by atoms with Gasteiger partial charge in [-0.25, -0.2) is 34.8 Å². The van der Waals surface area contributed by atoms with E-state index in [9.17, 15) is 44.0 Å². The number of benzene rings is 1. The van der Waals surface area contributed by atoms with Gasteiger partial charge in [-0.05, 0) is 71.6 Å². The van der Waals surface area contributed by atoms with Crippen molar-refractivity contribution in [2.24, 2.45) is 0 Å². The maximum absolute atomic E-state index is 13.8. The number of hydrogen-bond acceptors (Lipinski definition) is 8. The van der Waals surface area contributed by atoms with Crippen molar-refractivity contribution in [1.29, 1.82) is 0 Å². The van der Waals surface area contributed by atoms with E-state index in [4.69, 9.17) is 0 Å². The van der Waals surface area contributed by atoms with E-state index in [1.807, 2.05) is 5.38 Å². The van der Waals surface area contributed by atoms with E-state index < -0.39 is 64.6 Å². The molecule has 2 amide bonds. The van der Waals surface area contributed by atoms with Crippen molar-refractivity contribution in [2.75, 3.05) is 36.8 Å². The standard InChI is InChI=1S/C14H16F4N2O3S.C13H19N3O3S2/c1-13(2,24(22,23)20-6-3-7-20)12(21)19-11-5-4-9(8-10(11)15)14(16,17)18;1-13(2,21(18,19)16-6-3-7-16)11(17)15-12-14-10(8-20-12)9-4-5-9/h4-5,8H,3,6-7H2,1-2H3,(H,19,21);8-9H,3-7H2,1-2H3,(H,14,15,17). The predicted octanol–water partition coefficient (Wildman–Crippen LogP) is 4.37. The third kappa shape index (κ3) is 7.18. The van der Waals surface area contributed by atoms with Gasteiger partial charge in [0.1, 0.15) is 5.82 Å². The number of thiazole rings is 1. The average molecular weight is 698 g/mol. The first kappa shape index (κ1) is 35.2. The van der Waals surface area contributed by atoms with E-state index in [1.165, 1.54) is 29.5 Å². The summed E-state index contributed by atoms with van der Waals surface area (Å²) in [5.74, 6) is -2.32. The van der Waals surface area contributed by atoms with Crippen molar-refractivity contribution >= 4 is 54.0 Å². The van der Waals surface area contributed by atoms with E-state index >= 15 is 0 Å². The number of aromatic nitrogens is 1. The van der Waals surface area contributed by atoms with Crippen molar-refractivity contribution < 1.29 is 44.0 Å². The summed E-state index contributed by atoms with van der Waals surface area (Å²) in [7, 11) is -7.57. The fourth-order valence-corrected chi connectivity index (χ4v) is 8.29. The molecule has 18 heteroatoms. The average Bonchev–Trinajstić information content (AvgIpc) is 3.60. The number of halogens is 4. The summed E-state index contributed by atoms with van der Waals surface area (Å²) in [6.45, 7) is 6.83. The van der Waals surface area contributed by atoms with Gasteiger partial charge in [-0.1, -0.05) is 0 Å². The molecule has 250 valence electrons. The van der Waals surface area contributed by atoms with E-state index in [-0.39, 0.29) is 6.07 Å². The lowest BCUT2D eigenvalue weighted by Crippen LogP contribution is -2.55. The lowest BCUT2D eigenvalue weighted by atomic mass is 10.1. The van der Waals surface area contributed by atoms with Crippen molar-refractivity contribution in [3.63, 3.8) is 0 Å². The number of rotatable bonds is 9. The number of anilines is 2. The molecule has 3 fully saturated rings. The zero-order valence-corrected chi connectivity index (χ0v) is 27.5. The Hall–Kier alpha value is -2.67. The molecule has 1 aromatic heterocycles. The van der Waals surface area contributed by atoms with Gasteiger partial charge in [0, 0.05) is 37.5 Å². The quantitative estimate of drug-likeness (QED) is 0.370. The van der Waals surface area contributed by atoms with Crippen molar-refractivity contribution in [3.05, 3.63) is 40.7 Å². The maximum Gasteiger partial charge on any atom is 0.416 e. The van der Waals surface area contributed by atoms with Gasteiger partial charge in [-0.3, -0.25) is 9.59 Å². The molecule has 0 radical (unpaired) electrons. The molecule has 0 atom stereocenters. The highest BCUT2D eigenvalue weighted by atomic mass is 32.2. The van der Waals surface area contributed by atoms with Crippen LogP contribution in [0.2, 0.25) is 0 Å². The van der Waals surface area contributed by atoms with Gasteiger partial charge in [0.2, 0.25) is 31.9 Å². The van der Waals surface area contributed by atoms with Crippen LogP contribution in [0.3, 0.4) is 0 Å². The minimum Gasteiger partial charge on any atom is -0.322 e. The van der Waals surface area contributed by atoms with Gasteiger partial charge >= 0.3 is 6.18 Å². The Morgan fingerprint density at radius 3 is 1.76 bits per heavy atom. The Balaban J connectivity index is 0.000000206. The zero-order chi connectivity index (χ0) is 33.6. The van der Waals surface area contributed by atoms with Crippen LogP contribution in [-0.2, 0) is 35.8 Å². The number of hydrogen-bond donors (Lipinski definition) is 2. The molecule has 0 spiro atoms. The fraction of sp³-hybridized carbons (Fsp3) is 0.593. The lowest BCUT2D eigenvalue weighted by molar-refractivity contribution is -0.137. The summed E-state index contributed by atoms with van der Waals surface area (Å²) < 4.78 is 100. The predicted molar refractivity (Wildman–Crippen MR) is 161 cm³/mol. The molecule has 2 aliphatic heterocycles. The summed E-state index contributed by atoms with van der Waals surface area (Å²) >= 11 is 1.35. The van der Waals surface area contributed by atoms with Gasteiger partial charge in [0.15, 0.2) is 14.6 Å². The zero-order valence-electron chi connectivity index (χ0n) is 25.1. The summed E-state index contributed by atoms with van der Waals surface area (Å²) in [5.41, 5.74) is -0.718. The smallest absolute Gasteiger partial charge is 0.322 e. The lowest BCUT2D eigenvalue weighted by Gasteiger charge is -2.36. The molecular formula is C27H35F4N5O6S3.